The number of amides is 2. The molecule has 1 heterocycles. The Morgan fingerprint density at radius 1 is 1.29 bits per heavy atom. The van der Waals surface area contributed by atoms with Crippen LogP contribution in [0, 0.1) is 13.8 Å². The molecule has 1 aliphatic rings. The van der Waals surface area contributed by atoms with Crippen LogP contribution in [0.2, 0.25) is 0 Å². The Balaban J connectivity index is 1.87. The van der Waals surface area contributed by atoms with E-state index in [0.717, 1.165) is 16.8 Å². The van der Waals surface area contributed by atoms with E-state index in [-0.39, 0.29) is 0 Å². The number of nitrogens with two attached hydrogens (primary N) is 1. The first-order chi connectivity index (χ1) is 11.6. The summed E-state index contributed by atoms with van der Waals surface area (Å²) in [6, 6.07) is 9.40. The van der Waals surface area contributed by atoms with Crippen molar-refractivity contribution in [3.63, 3.8) is 0 Å². The van der Waals surface area contributed by atoms with Gasteiger partial charge in [-0.15, -0.1) is 0 Å². The number of nitrogens with zero attached hydrogens (tertiary/aromatic N) is 1. The minimum Gasteiger partial charge on any atom is -0.473 e. The van der Waals surface area contributed by atoms with Crippen LogP contribution in [0.15, 0.2) is 30.3 Å². The number of aryl methyl sites for hydroxylation is 2. The number of aromatic nitrogens is 1. The third kappa shape index (κ3) is 3.65. The molecule has 0 spiro atoms. The summed E-state index contributed by atoms with van der Waals surface area (Å²) < 4.78 is 5.96. The van der Waals surface area contributed by atoms with Crippen LogP contribution >= 0.6 is 0 Å². The number of hydrogen-bond acceptors (Lipinski definition) is 4. The summed E-state index contributed by atoms with van der Waals surface area (Å²) in [6.07, 6.45) is 2.34. The molecule has 0 aliphatic heterocycles. The maximum absolute atomic E-state index is 11.6. The molecule has 1 aliphatic carbocycles. The molecule has 3 rings (SSSR count). The van der Waals surface area contributed by atoms with Crippen LogP contribution < -0.4 is 21.3 Å². The molecule has 6 heteroatoms. The van der Waals surface area contributed by atoms with Gasteiger partial charge in [-0.3, -0.25) is 5.43 Å². The second-order valence-electron chi connectivity index (χ2n) is 6.11. The molecule has 0 atom stereocenters. The molecule has 6 nitrogen and oxygen atoms in total. The predicted octanol–water partition coefficient (Wildman–Crippen LogP) is 3.15. The average molecular weight is 326 g/mol. The van der Waals surface area contributed by atoms with Gasteiger partial charge in [0.15, 0.2) is 0 Å². The van der Waals surface area contributed by atoms with Gasteiger partial charge in [0.1, 0.15) is 6.61 Å². The topological polar surface area (TPSA) is 89.3 Å². The summed E-state index contributed by atoms with van der Waals surface area (Å²) in [7, 11) is 0. The van der Waals surface area contributed by atoms with Gasteiger partial charge in [0.25, 0.3) is 0 Å². The van der Waals surface area contributed by atoms with Crippen molar-refractivity contribution >= 4 is 11.7 Å². The quantitative estimate of drug-likeness (QED) is 0.447. The number of ether oxygens (including phenoxy) is 1. The van der Waals surface area contributed by atoms with E-state index in [1.807, 2.05) is 38.1 Å². The third-order valence-electron chi connectivity index (χ3n) is 4.15. The minimum atomic E-state index is -0.450. The molecule has 24 heavy (non-hydrogen) atoms. The van der Waals surface area contributed by atoms with Crippen molar-refractivity contribution in [2.45, 2.75) is 39.2 Å². The molecule has 4 N–H and O–H groups in total. The van der Waals surface area contributed by atoms with Crippen molar-refractivity contribution in [1.82, 2.24) is 10.4 Å². The second kappa shape index (κ2) is 6.88. The Morgan fingerprint density at radius 3 is 2.79 bits per heavy atom. The molecule has 2 aromatic rings. The first kappa shape index (κ1) is 16.3. The van der Waals surface area contributed by atoms with Gasteiger partial charge in [-0.2, -0.15) is 0 Å². The van der Waals surface area contributed by atoms with Crippen LogP contribution in [0.25, 0.3) is 0 Å². The SMILES string of the molecule is Cc1ccc(C)c(OCc2c(NC(=O)NN)cccc2C2CC2)n1. The van der Waals surface area contributed by atoms with E-state index in [1.54, 1.807) is 0 Å². The van der Waals surface area contributed by atoms with Crippen LogP contribution in [-0.2, 0) is 6.61 Å². The van der Waals surface area contributed by atoms with Gasteiger partial charge in [-0.05, 0) is 50.3 Å². The van der Waals surface area contributed by atoms with Crippen molar-refractivity contribution in [2.24, 2.45) is 5.84 Å². The molecule has 0 unspecified atom stereocenters. The van der Waals surface area contributed by atoms with E-state index in [9.17, 15) is 4.79 Å². The molecular weight excluding hydrogens is 304 g/mol. The number of anilines is 1. The highest BCUT2D eigenvalue weighted by Crippen LogP contribution is 2.43. The second-order valence-corrected chi connectivity index (χ2v) is 6.11. The van der Waals surface area contributed by atoms with Gasteiger partial charge < -0.3 is 10.1 Å². The first-order valence-electron chi connectivity index (χ1n) is 8.05. The van der Waals surface area contributed by atoms with Crippen LogP contribution in [-0.4, -0.2) is 11.0 Å². The lowest BCUT2D eigenvalue weighted by molar-refractivity contribution is 0.252. The molecule has 0 radical (unpaired) electrons. The molecule has 1 aromatic carbocycles. The predicted molar refractivity (Wildman–Crippen MR) is 92.8 cm³/mol. The van der Waals surface area contributed by atoms with E-state index in [0.29, 0.717) is 24.1 Å². The zero-order chi connectivity index (χ0) is 17.1. The van der Waals surface area contributed by atoms with E-state index in [4.69, 9.17) is 10.6 Å². The van der Waals surface area contributed by atoms with Gasteiger partial charge in [-0.1, -0.05) is 18.2 Å². The number of carbonyl (C=O) groups is 1. The summed E-state index contributed by atoms with van der Waals surface area (Å²) in [5, 5.41) is 2.77. The van der Waals surface area contributed by atoms with E-state index < -0.39 is 6.03 Å². The molecule has 0 saturated heterocycles. The number of hydrazine groups is 1. The highest BCUT2D eigenvalue weighted by molar-refractivity contribution is 5.89. The Bertz CT molecular complexity index is 757. The number of urea groups is 1. The number of rotatable bonds is 5. The summed E-state index contributed by atoms with van der Waals surface area (Å²) in [6.45, 7) is 4.25. The van der Waals surface area contributed by atoms with Gasteiger partial charge in [0.05, 0.1) is 0 Å². The lowest BCUT2D eigenvalue weighted by atomic mass is 10.0. The molecule has 0 bridgehead atoms. The van der Waals surface area contributed by atoms with Crippen LogP contribution in [0.1, 0.15) is 41.1 Å². The average Bonchev–Trinajstić information content (AvgIpc) is 3.41. The van der Waals surface area contributed by atoms with Gasteiger partial charge >= 0.3 is 6.03 Å². The molecule has 2 amide bonds. The first-order valence-corrected chi connectivity index (χ1v) is 8.05. The van der Waals surface area contributed by atoms with Crippen LogP contribution in [0.4, 0.5) is 10.5 Å². The van der Waals surface area contributed by atoms with Crippen LogP contribution in [0.5, 0.6) is 5.88 Å². The van der Waals surface area contributed by atoms with Crippen molar-refractivity contribution < 1.29 is 9.53 Å². The number of benzene rings is 1. The van der Waals surface area contributed by atoms with Crippen molar-refractivity contribution in [1.29, 1.82) is 0 Å². The molecular formula is C18H22N4O2. The van der Waals surface area contributed by atoms with Crippen molar-refractivity contribution in [3.8, 4) is 5.88 Å². The minimum absolute atomic E-state index is 0.351. The van der Waals surface area contributed by atoms with Crippen LogP contribution in [0.3, 0.4) is 0 Å². The molecule has 1 fully saturated rings. The highest BCUT2D eigenvalue weighted by atomic mass is 16.5. The Morgan fingerprint density at radius 2 is 2.08 bits per heavy atom. The third-order valence-corrected chi connectivity index (χ3v) is 4.15. The van der Waals surface area contributed by atoms with Crippen molar-refractivity contribution in [2.75, 3.05) is 5.32 Å². The summed E-state index contributed by atoms with van der Waals surface area (Å²) >= 11 is 0. The summed E-state index contributed by atoms with van der Waals surface area (Å²) in [5.41, 5.74) is 6.90. The maximum atomic E-state index is 11.6. The molecule has 1 saturated carbocycles. The fourth-order valence-electron chi connectivity index (χ4n) is 2.71. The van der Waals surface area contributed by atoms with E-state index in [2.05, 4.69) is 21.8 Å². The van der Waals surface area contributed by atoms with Gasteiger partial charge in [0.2, 0.25) is 5.88 Å². The standard InChI is InChI=1S/C18H22N4O2/c1-11-6-7-12(2)20-17(11)24-10-15-14(13-8-9-13)4-3-5-16(15)21-18(23)22-19/h3-7,13H,8-10,19H2,1-2H3,(H2,21,22,23). The zero-order valence-electron chi connectivity index (χ0n) is 13.9. The molecule has 126 valence electrons. The summed E-state index contributed by atoms with van der Waals surface area (Å²) in [5.74, 6) is 6.34. The Hall–Kier alpha value is -2.60. The fraction of sp³-hybridized carbons (Fsp3) is 0.333. The van der Waals surface area contributed by atoms with E-state index in [1.165, 1.54) is 18.4 Å². The maximum Gasteiger partial charge on any atom is 0.333 e. The largest absolute Gasteiger partial charge is 0.473 e. The Kier molecular flexibility index (Phi) is 4.66. The Labute approximate surface area is 141 Å². The molecule has 1 aromatic heterocycles. The number of carbonyl (C=O) groups excluding carboxylic acids is 1. The van der Waals surface area contributed by atoms with Crippen molar-refractivity contribution in [3.05, 3.63) is 52.7 Å². The van der Waals surface area contributed by atoms with Gasteiger partial charge in [-0.25, -0.2) is 15.6 Å². The summed E-state index contributed by atoms with van der Waals surface area (Å²) in [4.78, 5) is 16.0. The van der Waals surface area contributed by atoms with E-state index >= 15 is 0 Å². The normalized spacial score (nSPS) is 13.5. The number of pyridine rings is 1. The monoisotopic (exact) mass is 326 g/mol. The number of nitrogens with one attached hydrogen (secondary N) is 2. The lowest BCUT2D eigenvalue weighted by Crippen LogP contribution is -2.34. The zero-order valence-corrected chi connectivity index (χ0v) is 13.9. The smallest absolute Gasteiger partial charge is 0.333 e. The van der Waals surface area contributed by atoms with Gasteiger partial charge in [0, 0.05) is 22.5 Å². The number of hydrogen-bond donors (Lipinski definition) is 3. The highest BCUT2D eigenvalue weighted by Gasteiger charge is 2.27. The fourth-order valence-corrected chi connectivity index (χ4v) is 2.71. The lowest BCUT2D eigenvalue weighted by Gasteiger charge is -2.16.